The number of nitrogens with one attached hydrogen (secondary N) is 1. The molecular formula is C13H19ClFNO. The smallest absolute Gasteiger partial charge is 0.131 e. The van der Waals surface area contributed by atoms with E-state index in [1.165, 1.54) is 13.2 Å². The van der Waals surface area contributed by atoms with Gasteiger partial charge in [0.05, 0.1) is 7.11 Å². The lowest BCUT2D eigenvalue weighted by Crippen LogP contribution is -2.15. The highest BCUT2D eigenvalue weighted by molar-refractivity contribution is 6.17. The summed E-state index contributed by atoms with van der Waals surface area (Å²) in [5.41, 5.74) is 0.670. The van der Waals surface area contributed by atoms with Crippen molar-refractivity contribution in [1.29, 1.82) is 0 Å². The first-order chi connectivity index (χ1) is 8.27. The van der Waals surface area contributed by atoms with Gasteiger partial charge in [0.25, 0.3) is 0 Å². The molecule has 2 nitrogen and oxygen atoms in total. The molecule has 1 rings (SSSR count). The van der Waals surface area contributed by atoms with Crippen molar-refractivity contribution in [2.24, 2.45) is 0 Å². The zero-order valence-electron chi connectivity index (χ0n) is 10.1. The summed E-state index contributed by atoms with van der Waals surface area (Å²) in [6.45, 7) is 1.44. The zero-order valence-corrected chi connectivity index (χ0v) is 10.9. The molecule has 0 amide bonds. The minimum Gasteiger partial charge on any atom is -0.497 e. The topological polar surface area (TPSA) is 21.3 Å². The summed E-state index contributed by atoms with van der Waals surface area (Å²) in [6.07, 6.45) is 3.23. The number of unbranched alkanes of at least 4 members (excludes halogenated alkanes) is 2. The second kappa shape index (κ2) is 8.31. The second-order valence-electron chi connectivity index (χ2n) is 3.88. The van der Waals surface area contributed by atoms with Crippen molar-refractivity contribution in [3.05, 3.63) is 29.6 Å². The third kappa shape index (κ3) is 5.37. The molecule has 0 aliphatic heterocycles. The van der Waals surface area contributed by atoms with Gasteiger partial charge in [0.2, 0.25) is 0 Å². The van der Waals surface area contributed by atoms with Gasteiger partial charge in [0.15, 0.2) is 0 Å². The minimum absolute atomic E-state index is 0.224. The molecule has 0 radical (unpaired) electrons. The fourth-order valence-corrected chi connectivity index (χ4v) is 1.73. The molecule has 0 atom stereocenters. The van der Waals surface area contributed by atoms with Crippen molar-refractivity contribution in [3.8, 4) is 5.75 Å². The Balaban J connectivity index is 2.27. The molecule has 0 unspecified atom stereocenters. The van der Waals surface area contributed by atoms with Gasteiger partial charge >= 0.3 is 0 Å². The van der Waals surface area contributed by atoms with Gasteiger partial charge in [-0.1, -0.05) is 12.5 Å². The maximum atomic E-state index is 13.5. The Hall–Kier alpha value is -0.800. The molecule has 0 spiro atoms. The Labute approximate surface area is 107 Å². The predicted octanol–water partition coefficient (Wildman–Crippen LogP) is 3.33. The third-order valence-electron chi connectivity index (χ3n) is 2.56. The number of rotatable bonds is 8. The van der Waals surface area contributed by atoms with Crippen LogP contribution >= 0.6 is 11.6 Å². The molecule has 1 aromatic carbocycles. The highest BCUT2D eigenvalue weighted by atomic mass is 35.5. The Kier molecular flexibility index (Phi) is 6.97. The highest BCUT2D eigenvalue weighted by Crippen LogP contribution is 2.15. The fraction of sp³-hybridized carbons (Fsp3) is 0.538. The molecule has 0 saturated heterocycles. The van der Waals surface area contributed by atoms with Crippen molar-refractivity contribution in [3.63, 3.8) is 0 Å². The lowest BCUT2D eigenvalue weighted by atomic mass is 10.2. The van der Waals surface area contributed by atoms with Crippen molar-refractivity contribution in [2.45, 2.75) is 25.8 Å². The van der Waals surface area contributed by atoms with Gasteiger partial charge in [-0.2, -0.15) is 0 Å². The molecule has 0 aliphatic rings. The van der Waals surface area contributed by atoms with E-state index in [9.17, 15) is 4.39 Å². The number of alkyl halides is 1. The molecular weight excluding hydrogens is 241 g/mol. The molecule has 0 saturated carbocycles. The maximum Gasteiger partial charge on any atom is 0.131 e. The van der Waals surface area contributed by atoms with E-state index in [-0.39, 0.29) is 5.82 Å². The van der Waals surface area contributed by atoms with Crippen LogP contribution in [0, 0.1) is 5.82 Å². The number of halogens is 2. The van der Waals surface area contributed by atoms with Crippen LogP contribution in [0.3, 0.4) is 0 Å². The fourth-order valence-electron chi connectivity index (χ4n) is 1.54. The summed E-state index contributed by atoms with van der Waals surface area (Å²) >= 11 is 5.58. The molecule has 1 N–H and O–H groups in total. The number of ether oxygens (including phenoxy) is 1. The normalized spacial score (nSPS) is 10.5. The number of hydrogen-bond acceptors (Lipinski definition) is 2. The van der Waals surface area contributed by atoms with Crippen molar-refractivity contribution in [1.82, 2.24) is 5.32 Å². The van der Waals surface area contributed by atoms with Crippen LogP contribution in [0.4, 0.5) is 4.39 Å². The second-order valence-corrected chi connectivity index (χ2v) is 4.26. The van der Waals surface area contributed by atoms with Gasteiger partial charge in [-0.15, -0.1) is 11.6 Å². The van der Waals surface area contributed by atoms with Gasteiger partial charge < -0.3 is 10.1 Å². The average molecular weight is 260 g/mol. The van der Waals surface area contributed by atoms with E-state index in [4.69, 9.17) is 16.3 Å². The predicted molar refractivity (Wildman–Crippen MR) is 69.2 cm³/mol. The number of benzene rings is 1. The summed E-state index contributed by atoms with van der Waals surface area (Å²) < 4.78 is 18.5. The van der Waals surface area contributed by atoms with E-state index in [0.717, 1.165) is 25.8 Å². The average Bonchev–Trinajstić information content (AvgIpc) is 2.35. The first-order valence-electron chi connectivity index (χ1n) is 5.87. The number of hydrogen-bond donors (Lipinski definition) is 1. The molecule has 0 heterocycles. The first kappa shape index (κ1) is 14.3. The molecule has 96 valence electrons. The third-order valence-corrected chi connectivity index (χ3v) is 2.83. The Morgan fingerprint density at radius 1 is 1.29 bits per heavy atom. The molecule has 0 fully saturated rings. The van der Waals surface area contributed by atoms with Crippen LogP contribution in [0.5, 0.6) is 5.75 Å². The standard InChI is InChI=1S/C13H19ClFNO/c1-17-12-6-5-11(13(15)9-12)10-16-8-4-2-3-7-14/h5-6,9,16H,2-4,7-8,10H2,1H3. The van der Waals surface area contributed by atoms with Crippen molar-refractivity contribution >= 4 is 11.6 Å². The molecule has 1 aromatic rings. The Morgan fingerprint density at radius 3 is 2.76 bits per heavy atom. The number of methoxy groups -OCH3 is 1. The molecule has 0 bridgehead atoms. The van der Waals surface area contributed by atoms with Crippen LogP contribution < -0.4 is 10.1 Å². The summed E-state index contributed by atoms with van der Waals surface area (Å²) in [4.78, 5) is 0. The summed E-state index contributed by atoms with van der Waals surface area (Å²) in [5, 5.41) is 3.21. The molecule has 4 heteroatoms. The van der Waals surface area contributed by atoms with Crippen LogP contribution in [0.25, 0.3) is 0 Å². The summed E-state index contributed by atoms with van der Waals surface area (Å²) in [6, 6.07) is 4.93. The van der Waals surface area contributed by atoms with E-state index in [1.54, 1.807) is 12.1 Å². The van der Waals surface area contributed by atoms with Gasteiger partial charge in [-0.3, -0.25) is 0 Å². The lowest BCUT2D eigenvalue weighted by molar-refractivity contribution is 0.410. The van der Waals surface area contributed by atoms with E-state index < -0.39 is 0 Å². The van der Waals surface area contributed by atoms with Crippen LogP contribution in [-0.4, -0.2) is 19.5 Å². The highest BCUT2D eigenvalue weighted by Gasteiger charge is 2.03. The van der Waals surface area contributed by atoms with Gasteiger partial charge in [0.1, 0.15) is 11.6 Å². The van der Waals surface area contributed by atoms with Gasteiger partial charge in [-0.25, -0.2) is 4.39 Å². The van der Waals surface area contributed by atoms with E-state index in [1.807, 2.05) is 0 Å². The van der Waals surface area contributed by atoms with Gasteiger partial charge in [-0.05, 0) is 25.5 Å². The molecule has 0 aliphatic carbocycles. The summed E-state index contributed by atoms with van der Waals surface area (Å²) in [5.74, 6) is 1.04. The lowest BCUT2D eigenvalue weighted by Gasteiger charge is -2.07. The Bertz CT molecular complexity index is 333. The van der Waals surface area contributed by atoms with Crippen LogP contribution in [0.15, 0.2) is 18.2 Å². The summed E-state index contributed by atoms with van der Waals surface area (Å²) in [7, 11) is 1.53. The monoisotopic (exact) mass is 259 g/mol. The quantitative estimate of drug-likeness (QED) is 0.571. The van der Waals surface area contributed by atoms with Crippen molar-refractivity contribution < 1.29 is 9.13 Å². The van der Waals surface area contributed by atoms with E-state index in [0.29, 0.717) is 23.7 Å². The minimum atomic E-state index is -0.224. The van der Waals surface area contributed by atoms with Gasteiger partial charge in [0, 0.05) is 24.1 Å². The van der Waals surface area contributed by atoms with E-state index >= 15 is 0 Å². The first-order valence-corrected chi connectivity index (χ1v) is 6.40. The van der Waals surface area contributed by atoms with Crippen LogP contribution in [0.1, 0.15) is 24.8 Å². The molecule has 0 aromatic heterocycles. The van der Waals surface area contributed by atoms with Crippen molar-refractivity contribution in [2.75, 3.05) is 19.5 Å². The van der Waals surface area contributed by atoms with E-state index in [2.05, 4.69) is 5.32 Å². The zero-order chi connectivity index (χ0) is 12.5. The Morgan fingerprint density at radius 2 is 2.12 bits per heavy atom. The maximum absolute atomic E-state index is 13.5. The SMILES string of the molecule is COc1ccc(CNCCCCCCl)c(F)c1. The van der Waals surface area contributed by atoms with Crippen LogP contribution in [-0.2, 0) is 6.54 Å². The largest absolute Gasteiger partial charge is 0.497 e. The van der Waals surface area contributed by atoms with Crippen LogP contribution in [0.2, 0.25) is 0 Å². The molecule has 17 heavy (non-hydrogen) atoms.